The number of carbonyl (C=O) groups is 3. The quantitative estimate of drug-likeness (QED) is 0.0661. The molecule has 13 nitrogen and oxygen atoms in total. The lowest BCUT2D eigenvalue weighted by molar-refractivity contribution is -0.114. The molecule has 1 heterocycles. The molecule has 0 radical (unpaired) electrons. The molecule has 7 rings (SSSR count). The van der Waals surface area contributed by atoms with Crippen molar-refractivity contribution >= 4 is 76.5 Å². The first-order valence-electron chi connectivity index (χ1n) is 19.2. The number of hydrogen-bond acceptors (Lipinski definition) is 9. The zero-order valence-electron chi connectivity index (χ0n) is 33.5. The van der Waals surface area contributed by atoms with Gasteiger partial charge in [-0.25, -0.2) is 31.4 Å². The first-order chi connectivity index (χ1) is 29.5. The number of fused-ring (bicyclic) bond motifs is 1. The van der Waals surface area contributed by atoms with Crippen molar-refractivity contribution < 1.29 is 41.4 Å². The van der Waals surface area contributed by atoms with Crippen molar-refractivity contribution in [2.45, 2.75) is 48.6 Å². The van der Waals surface area contributed by atoms with Crippen LogP contribution in [0.5, 0.6) is 0 Å². The largest absolute Gasteiger partial charge is 0.478 e. The summed E-state index contributed by atoms with van der Waals surface area (Å²) in [5, 5.41) is 22.5. The van der Waals surface area contributed by atoms with Crippen LogP contribution in [0.4, 0.5) is 16.5 Å². The molecule has 0 atom stereocenters. The lowest BCUT2D eigenvalue weighted by Gasteiger charge is -2.10. The number of aromatic carboxylic acids is 2. The van der Waals surface area contributed by atoms with Gasteiger partial charge in [0, 0.05) is 18.3 Å². The predicted molar refractivity (Wildman–Crippen MR) is 241 cm³/mol. The molecule has 0 bridgehead atoms. The first kappa shape index (κ1) is 44.7. The van der Waals surface area contributed by atoms with E-state index in [2.05, 4.69) is 19.7 Å². The lowest BCUT2D eigenvalue weighted by Crippen LogP contribution is -2.12. The Hall–Kier alpha value is -6.88. The topological polar surface area (TPSA) is 209 Å². The highest BCUT2D eigenvalue weighted by Crippen LogP contribution is 2.29. The van der Waals surface area contributed by atoms with Gasteiger partial charge in [-0.3, -0.25) is 14.2 Å². The normalized spacial score (nSPS) is 11.3. The van der Waals surface area contributed by atoms with Gasteiger partial charge in [0.2, 0.25) is 5.91 Å². The van der Waals surface area contributed by atoms with E-state index < -0.39 is 32.0 Å². The Morgan fingerprint density at radius 2 is 0.984 bits per heavy atom. The van der Waals surface area contributed by atoms with E-state index in [4.69, 9.17) is 10.2 Å². The molecule has 0 saturated heterocycles. The SMILES string of the molecule is CC(=O)Nc1nc(C)c(S(=O)(=O)Nc2ccc(CCc3ccc(C(=O)O)cc3)cc2)s1.O=C(O)c1ccc(CCc2ccc(NS(=O)(=O)c3ccc4ccccc4c3)cc2)cc1. The summed E-state index contributed by atoms with van der Waals surface area (Å²) < 4.78 is 56.1. The van der Waals surface area contributed by atoms with Crippen LogP contribution >= 0.6 is 11.3 Å². The molecule has 5 N–H and O–H groups in total. The summed E-state index contributed by atoms with van der Waals surface area (Å²) >= 11 is 0.895. The van der Waals surface area contributed by atoms with Crippen LogP contribution in [0.2, 0.25) is 0 Å². The molecule has 1 amide bonds. The van der Waals surface area contributed by atoms with Crippen LogP contribution in [0.3, 0.4) is 0 Å². The monoisotopic (exact) mass is 890 g/mol. The van der Waals surface area contributed by atoms with Gasteiger partial charge >= 0.3 is 11.9 Å². The molecule has 6 aromatic carbocycles. The van der Waals surface area contributed by atoms with E-state index in [1.54, 1.807) is 85.8 Å². The zero-order chi connectivity index (χ0) is 44.4. The highest BCUT2D eigenvalue weighted by Gasteiger charge is 2.22. The van der Waals surface area contributed by atoms with Crippen LogP contribution < -0.4 is 14.8 Å². The van der Waals surface area contributed by atoms with E-state index in [-0.39, 0.29) is 31.3 Å². The number of benzene rings is 6. The van der Waals surface area contributed by atoms with E-state index in [1.807, 2.05) is 60.7 Å². The molecule has 0 spiro atoms. The summed E-state index contributed by atoms with van der Waals surface area (Å²) in [5.41, 5.74) is 5.91. The Bertz CT molecular complexity index is 2940. The van der Waals surface area contributed by atoms with Crippen LogP contribution in [0.25, 0.3) is 10.8 Å². The molecule has 0 aliphatic heterocycles. The van der Waals surface area contributed by atoms with E-state index in [9.17, 15) is 31.2 Å². The van der Waals surface area contributed by atoms with Crippen molar-refractivity contribution in [3.63, 3.8) is 0 Å². The minimum atomic E-state index is -3.83. The average molecular weight is 891 g/mol. The summed E-state index contributed by atoms with van der Waals surface area (Å²) in [7, 11) is -7.51. The summed E-state index contributed by atoms with van der Waals surface area (Å²) in [5.74, 6) is -2.21. The maximum atomic E-state index is 12.8. The minimum Gasteiger partial charge on any atom is -0.478 e. The van der Waals surface area contributed by atoms with Crippen molar-refractivity contribution in [1.29, 1.82) is 0 Å². The number of nitrogens with zero attached hydrogens (tertiary/aromatic N) is 1. The van der Waals surface area contributed by atoms with Gasteiger partial charge in [-0.15, -0.1) is 0 Å². The number of rotatable bonds is 15. The summed E-state index contributed by atoms with van der Waals surface area (Å²) in [4.78, 5) is 37.3. The third-order valence-electron chi connectivity index (χ3n) is 9.53. The first-order valence-corrected chi connectivity index (χ1v) is 22.9. The van der Waals surface area contributed by atoms with E-state index in [1.165, 1.54) is 6.92 Å². The van der Waals surface area contributed by atoms with Crippen molar-refractivity contribution in [2.75, 3.05) is 14.8 Å². The number of hydrogen-bond donors (Lipinski definition) is 5. The zero-order valence-corrected chi connectivity index (χ0v) is 36.0. The Morgan fingerprint density at radius 1 is 0.565 bits per heavy atom. The summed E-state index contributed by atoms with van der Waals surface area (Å²) in [6, 6.07) is 40.6. The van der Waals surface area contributed by atoms with Crippen LogP contribution in [-0.4, -0.2) is 49.9 Å². The van der Waals surface area contributed by atoms with Crippen molar-refractivity contribution in [2.24, 2.45) is 0 Å². The van der Waals surface area contributed by atoms with Gasteiger partial charge in [-0.2, -0.15) is 0 Å². The van der Waals surface area contributed by atoms with Crippen molar-refractivity contribution in [1.82, 2.24) is 4.98 Å². The number of sulfonamides is 2. The molecule has 318 valence electrons. The molecular weight excluding hydrogens is 849 g/mol. The fraction of sp³-hybridized carbons (Fsp3) is 0.130. The van der Waals surface area contributed by atoms with E-state index >= 15 is 0 Å². The molecule has 1 aromatic heterocycles. The fourth-order valence-electron chi connectivity index (χ4n) is 6.27. The predicted octanol–water partition coefficient (Wildman–Crippen LogP) is 8.82. The Morgan fingerprint density at radius 3 is 1.42 bits per heavy atom. The number of anilines is 3. The standard InChI is InChI=1S/C25H21NO4S.C21H21N3O5S2/c27-25(28)21-11-7-18(8-12-21)5-6-19-9-14-23(15-10-19)26-31(29,30)24-16-13-20-3-1-2-4-22(20)17-24;1-13-20(30-21(22-13)23-14(2)25)31(28,29)24-18-11-7-16(8-12-18)4-3-15-5-9-17(10-6-15)19(26)27/h1-4,7-17,26H,5-6H2,(H,27,28);5-12,24H,3-4H2,1-2H3,(H,26,27)(H,22,23,25). The highest BCUT2D eigenvalue weighted by atomic mass is 32.2. The fourth-order valence-corrected chi connectivity index (χ4v) is 9.88. The second kappa shape index (κ2) is 19.7. The summed E-state index contributed by atoms with van der Waals surface area (Å²) in [6.45, 7) is 2.90. The van der Waals surface area contributed by atoms with Gasteiger partial charge in [0.1, 0.15) is 0 Å². The molecule has 62 heavy (non-hydrogen) atoms. The lowest BCUT2D eigenvalue weighted by atomic mass is 10.0. The van der Waals surface area contributed by atoms with E-state index in [0.717, 1.165) is 70.0 Å². The average Bonchev–Trinajstić information content (AvgIpc) is 3.63. The Kier molecular flexibility index (Phi) is 14.2. The maximum absolute atomic E-state index is 12.8. The number of amides is 1. The third kappa shape index (κ3) is 12.1. The molecule has 7 aromatic rings. The number of thiazole rings is 1. The van der Waals surface area contributed by atoms with Gasteiger partial charge in [-0.05, 0) is 126 Å². The highest BCUT2D eigenvalue weighted by molar-refractivity contribution is 7.94. The molecule has 0 unspecified atom stereocenters. The number of carbonyl (C=O) groups excluding carboxylic acids is 1. The molecular formula is C46H42N4O9S3. The van der Waals surface area contributed by atoms with E-state index in [0.29, 0.717) is 17.1 Å². The van der Waals surface area contributed by atoms with Gasteiger partial charge in [0.25, 0.3) is 20.0 Å². The van der Waals surface area contributed by atoms with Crippen molar-refractivity contribution in [3.8, 4) is 0 Å². The molecule has 0 aliphatic rings. The van der Waals surface area contributed by atoms with Crippen LogP contribution in [0.1, 0.15) is 55.6 Å². The van der Waals surface area contributed by atoms with Crippen LogP contribution in [0, 0.1) is 6.92 Å². The third-order valence-corrected chi connectivity index (χ3v) is 14.0. The number of carboxylic acid groups (broad SMARTS) is 2. The van der Waals surface area contributed by atoms with Gasteiger partial charge in [0.05, 0.1) is 21.7 Å². The Balaban J connectivity index is 0.000000207. The van der Waals surface area contributed by atoms with Gasteiger partial charge in [0.15, 0.2) is 9.34 Å². The molecule has 0 saturated carbocycles. The molecule has 0 fully saturated rings. The molecule has 16 heteroatoms. The van der Waals surface area contributed by atoms with Crippen LogP contribution in [0.15, 0.2) is 149 Å². The second-order valence-corrected chi connectivity index (χ2v) is 18.8. The van der Waals surface area contributed by atoms with Crippen LogP contribution in [-0.2, 0) is 50.5 Å². The maximum Gasteiger partial charge on any atom is 0.335 e. The smallest absolute Gasteiger partial charge is 0.335 e. The number of aryl methyl sites for hydroxylation is 5. The number of nitrogens with one attached hydrogen (secondary N) is 3. The number of aromatic nitrogens is 1. The minimum absolute atomic E-state index is 0.0464. The Labute approximate surface area is 363 Å². The van der Waals surface area contributed by atoms with Gasteiger partial charge < -0.3 is 15.5 Å². The number of carboxylic acids is 2. The molecule has 0 aliphatic carbocycles. The summed E-state index contributed by atoms with van der Waals surface area (Å²) in [6.07, 6.45) is 3.00. The second-order valence-electron chi connectivity index (χ2n) is 14.2. The van der Waals surface area contributed by atoms with Gasteiger partial charge in [-0.1, -0.05) is 90.2 Å². The van der Waals surface area contributed by atoms with Crippen molar-refractivity contribution in [3.05, 3.63) is 179 Å².